The van der Waals surface area contributed by atoms with Gasteiger partial charge in [0.25, 0.3) is 0 Å². The maximum atomic E-state index is 5.67. The molecule has 1 unspecified atom stereocenters. The molecule has 1 aliphatic carbocycles. The van der Waals surface area contributed by atoms with Crippen LogP contribution in [0, 0.1) is 11.8 Å². The third kappa shape index (κ3) is 4.79. The molecule has 124 valence electrons. The van der Waals surface area contributed by atoms with E-state index in [1.165, 1.54) is 6.26 Å². The Labute approximate surface area is 129 Å². The fraction of sp³-hybridized carbons (Fsp3) is 0.867. The van der Waals surface area contributed by atoms with Gasteiger partial charge >= 0.3 is 8.80 Å². The summed E-state index contributed by atoms with van der Waals surface area (Å²) in [6.45, 7) is 4.98. The van der Waals surface area contributed by atoms with Crippen LogP contribution in [0.3, 0.4) is 0 Å². The van der Waals surface area contributed by atoms with E-state index in [0.717, 1.165) is 32.3 Å². The molecule has 1 rings (SSSR count). The normalized spacial score (nSPS) is 24.6. The first-order valence-electron chi connectivity index (χ1n) is 7.54. The van der Waals surface area contributed by atoms with Gasteiger partial charge in [0.15, 0.2) is 0 Å². The highest BCUT2D eigenvalue weighted by atomic mass is 28.4. The van der Waals surface area contributed by atoms with Gasteiger partial charge in [-0.15, -0.1) is 0 Å². The average Bonchev–Trinajstić information content (AvgIpc) is 2.54. The number of methoxy groups -OCH3 is 1. The molecule has 6 heteroatoms. The zero-order chi connectivity index (χ0) is 15.7. The van der Waals surface area contributed by atoms with Crippen molar-refractivity contribution < 1.29 is 22.8 Å². The molecule has 21 heavy (non-hydrogen) atoms. The Morgan fingerprint density at radius 1 is 1.05 bits per heavy atom. The summed E-state index contributed by atoms with van der Waals surface area (Å²) in [5.41, 5.74) is 0.184. The Morgan fingerprint density at radius 3 is 2.05 bits per heavy atom. The Hall–Kier alpha value is -0.403. The van der Waals surface area contributed by atoms with Crippen molar-refractivity contribution in [3.05, 3.63) is 12.8 Å². The van der Waals surface area contributed by atoms with E-state index < -0.39 is 8.80 Å². The van der Waals surface area contributed by atoms with Crippen molar-refractivity contribution in [1.29, 1.82) is 0 Å². The van der Waals surface area contributed by atoms with Gasteiger partial charge in [-0.2, -0.15) is 0 Å². The van der Waals surface area contributed by atoms with Gasteiger partial charge in [0.2, 0.25) is 0 Å². The van der Waals surface area contributed by atoms with Crippen LogP contribution in [0.5, 0.6) is 0 Å². The topological polar surface area (TPSA) is 46.2 Å². The first-order valence-corrected chi connectivity index (χ1v) is 9.34. The number of hydrogen-bond donors (Lipinski definition) is 0. The first-order chi connectivity index (χ1) is 10.2. The van der Waals surface area contributed by atoms with Gasteiger partial charge in [-0.05, 0) is 37.5 Å². The lowest BCUT2D eigenvalue weighted by molar-refractivity contribution is 0.0601. The quantitative estimate of drug-likeness (QED) is 0.458. The van der Waals surface area contributed by atoms with Gasteiger partial charge in [0, 0.05) is 28.4 Å². The summed E-state index contributed by atoms with van der Waals surface area (Å²) in [4.78, 5) is 0. The van der Waals surface area contributed by atoms with Crippen molar-refractivity contribution in [1.82, 2.24) is 0 Å². The van der Waals surface area contributed by atoms with Gasteiger partial charge < -0.3 is 22.8 Å². The van der Waals surface area contributed by atoms with E-state index in [2.05, 4.69) is 6.58 Å². The SMILES string of the molecule is C=COCC1CCC(C(COC)[Si](OC)(OC)OC)CC1. The fourth-order valence-electron chi connectivity index (χ4n) is 3.37. The second kappa shape index (κ2) is 9.58. The van der Waals surface area contributed by atoms with Crippen molar-refractivity contribution >= 4 is 8.80 Å². The van der Waals surface area contributed by atoms with Gasteiger partial charge in [0.05, 0.1) is 25.0 Å². The highest BCUT2D eigenvalue weighted by Gasteiger charge is 2.51. The lowest BCUT2D eigenvalue weighted by Gasteiger charge is -2.39. The maximum absolute atomic E-state index is 5.67. The predicted molar refractivity (Wildman–Crippen MR) is 84.0 cm³/mol. The molecular formula is C15H30O5Si. The molecule has 5 nitrogen and oxygen atoms in total. The Balaban J connectivity index is 2.68. The highest BCUT2D eigenvalue weighted by molar-refractivity contribution is 6.62. The zero-order valence-corrected chi connectivity index (χ0v) is 14.8. The number of ether oxygens (including phenoxy) is 2. The van der Waals surface area contributed by atoms with Crippen LogP contribution in [-0.4, -0.2) is 50.5 Å². The summed E-state index contributed by atoms with van der Waals surface area (Å²) >= 11 is 0. The van der Waals surface area contributed by atoms with E-state index in [4.69, 9.17) is 22.8 Å². The molecule has 0 aromatic heterocycles. The second-order valence-corrected chi connectivity index (χ2v) is 8.73. The molecule has 0 aromatic carbocycles. The van der Waals surface area contributed by atoms with E-state index >= 15 is 0 Å². The summed E-state index contributed by atoms with van der Waals surface area (Å²) in [5, 5.41) is 0. The van der Waals surface area contributed by atoms with Crippen LogP contribution in [0.15, 0.2) is 12.8 Å². The summed E-state index contributed by atoms with van der Waals surface area (Å²) in [6.07, 6.45) is 6.09. The van der Waals surface area contributed by atoms with Gasteiger partial charge in [-0.1, -0.05) is 6.58 Å². The van der Waals surface area contributed by atoms with Crippen molar-refractivity contribution in [2.24, 2.45) is 11.8 Å². The molecule has 0 heterocycles. The van der Waals surface area contributed by atoms with E-state index in [-0.39, 0.29) is 5.54 Å². The van der Waals surface area contributed by atoms with Crippen LogP contribution in [0.2, 0.25) is 5.54 Å². The average molecular weight is 318 g/mol. The molecule has 0 N–H and O–H groups in total. The molecule has 1 atom stereocenters. The smallest absolute Gasteiger partial charge is 0.502 e. The van der Waals surface area contributed by atoms with Crippen LogP contribution in [0.1, 0.15) is 25.7 Å². The predicted octanol–water partition coefficient (Wildman–Crippen LogP) is 2.85. The molecule has 0 bridgehead atoms. The van der Waals surface area contributed by atoms with Gasteiger partial charge in [0.1, 0.15) is 0 Å². The van der Waals surface area contributed by atoms with Crippen LogP contribution in [0.4, 0.5) is 0 Å². The number of rotatable bonds is 10. The van der Waals surface area contributed by atoms with Gasteiger partial charge in [-0.25, -0.2) is 0 Å². The van der Waals surface area contributed by atoms with Crippen LogP contribution in [0.25, 0.3) is 0 Å². The summed E-state index contributed by atoms with van der Waals surface area (Å²) < 4.78 is 27.8. The zero-order valence-electron chi connectivity index (χ0n) is 13.8. The maximum Gasteiger partial charge on any atom is 0.506 e. The Kier molecular flexibility index (Phi) is 8.51. The molecule has 0 spiro atoms. The second-order valence-electron chi connectivity index (χ2n) is 5.56. The van der Waals surface area contributed by atoms with Gasteiger partial charge in [-0.3, -0.25) is 0 Å². The first kappa shape index (κ1) is 18.6. The molecule has 0 amide bonds. The molecule has 0 radical (unpaired) electrons. The summed E-state index contributed by atoms with van der Waals surface area (Å²) in [5.74, 6) is 1.13. The van der Waals surface area contributed by atoms with E-state index in [1.807, 2.05) is 0 Å². The van der Waals surface area contributed by atoms with Crippen molar-refractivity contribution in [3.8, 4) is 0 Å². The molecule has 1 saturated carbocycles. The summed E-state index contributed by atoms with van der Waals surface area (Å²) in [7, 11) is 4.06. The van der Waals surface area contributed by atoms with E-state index in [0.29, 0.717) is 18.4 Å². The van der Waals surface area contributed by atoms with Crippen molar-refractivity contribution in [3.63, 3.8) is 0 Å². The fourth-order valence-corrected chi connectivity index (χ4v) is 6.06. The Bertz CT molecular complexity index is 280. The summed E-state index contributed by atoms with van der Waals surface area (Å²) in [6, 6.07) is 0. The van der Waals surface area contributed by atoms with Crippen LogP contribution >= 0.6 is 0 Å². The standard InChI is InChI=1S/C15H30O5Si/c1-6-20-11-13-7-9-14(10-8-13)15(12-16-2)21(17-3,18-4)19-5/h6,13-15H,1,7-12H2,2-5H3. The molecule has 1 fully saturated rings. The largest absolute Gasteiger partial charge is 0.506 e. The molecule has 0 aromatic rings. The molecule has 0 saturated heterocycles. The Morgan fingerprint density at radius 2 is 1.62 bits per heavy atom. The monoisotopic (exact) mass is 318 g/mol. The molecule has 1 aliphatic rings. The number of hydrogen-bond acceptors (Lipinski definition) is 5. The lowest BCUT2D eigenvalue weighted by Crippen LogP contribution is -2.52. The van der Waals surface area contributed by atoms with Crippen molar-refractivity contribution in [2.75, 3.05) is 41.7 Å². The van der Waals surface area contributed by atoms with Crippen molar-refractivity contribution in [2.45, 2.75) is 31.2 Å². The highest BCUT2D eigenvalue weighted by Crippen LogP contribution is 2.42. The minimum absolute atomic E-state index is 0.184. The minimum Gasteiger partial charge on any atom is -0.502 e. The molecular weight excluding hydrogens is 288 g/mol. The minimum atomic E-state index is -2.68. The van der Waals surface area contributed by atoms with E-state index in [9.17, 15) is 0 Å². The third-order valence-electron chi connectivity index (χ3n) is 4.56. The third-order valence-corrected chi connectivity index (χ3v) is 7.82. The van der Waals surface area contributed by atoms with Crippen LogP contribution in [-0.2, 0) is 22.8 Å². The van der Waals surface area contributed by atoms with E-state index in [1.54, 1.807) is 28.4 Å². The molecule has 0 aliphatic heterocycles. The lowest BCUT2D eigenvalue weighted by atomic mass is 9.81. The van der Waals surface area contributed by atoms with Crippen LogP contribution < -0.4 is 0 Å².